The van der Waals surface area contributed by atoms with Crippen molar-refractivity contribution in [2.24, 2.45) is 5.92 Å². The van der Waals surface area contributed by atoms with Gasteiger partial charge >= 0.3 is 0 Å². The predicted octanol–water partition coefficient (Wildman–Crippen LogP) is 5.97. The summed E-state index contributed by atoms with van der Waals surface area (Å²) in [6.45, 7) is 4.26. The van der Waals surface area contributed by atoms with Crippen molar-refractivity contribution in [3.8, 4) is 22.6 Å². The molecular weight excluding hydrogens is 448 g/mol. The van der Waals surface area contributed by atoms with Gasteiger partial charge in [0, 0.05) is 22.7 Å². The number of carbonyl (C=O) groups is 1. The Morgan fingerprint density at radius 3 is 2.76 bits per heavy atom. The van der Waals surface area contributed by atoms with Gasteiger partial charge in [0.25, 0.3) is 0 Å². The van der Waals surface area contributed by atoms with Crippen molar-refractivity contribution in [3.05, 3.63) is 64.3 Å². The Morgan fingerprint density at radius 1 is 1.18 bits per heavy atom. The monoisotopic (exact) mass is 472 g/mol. The van der Waals surface area contributed by atoms with Crippen LogP contribution in [0.2, 0.25) is 0 Å². The summed E-state index contributed by atoms with van der Waals surface area (Å²) in [5.41, 5.74) is 5.55. The lowest BCUT2D eigenvalue weighted by Gasteiger charge is -2.15. The van der Waals surface area contributed by atoms with E-state index in [2.05, 4.69) is 48.4 Å². The first-order valence-electron chi connectivity index (χ1n) is 11.0. The number of pyridine rings is 1. The molecule has 1 N–H and O–H groups in total. The van der Waals surface area contributed by atoms with Gasteiger partial charge in [0.15, 0.2) is 0 Å². The van der Waals surface area contributed by atoms with Gasteiger partial charge < -0.3 is 5.32 Å². The van der Waals surface area contributed by atoms with E-state index in [0.29, 0.717) is 32.8 Å². The maximum Gasteiger partial charge on any atom is 0.225 e. The van der Waals surface area contributed by atoms with Crippen molar-refractivity contribution < 1.29 is 4.79 Å². The van der Waals surface area contributed by atoms with Crippen LogP contribution in [0.15, 0.2) is 41.4 Å². The smallest absolute Gasteiger partial charge is 0.225 e. The zero-order valence-corrected chi connectivity index (χ0v) is 20.3. The molecule has 0 radical (unpaired) electrons. The summed E-state index contributed by atoms with van der Waals surface area (Å²) in [5, 5.41) is 23.4. The summed E-state index contributed by atoms with van der Waals surface area (Å²) in [6.07, 6.45) is 2.84. The van der Waals surface area contributed by atoms with E-state index in [1.165, 1.54) is 28.7 Å². The zero-order valence-electron chi connectivity index (χ0n) is 18.6. The van der Waals surface area contributed by atoms with Gasteiger partial charge in [-0.1, -0.05) is 38.1 Å². The van der Waals surface area contributed by atoms with E-state index in [9.17, 15) is 15.3 Å². The molecule has 1 aliphatic rings. The maximum atomic E-state index is 12.7. The van der Waals surface area contributed by atoms with E-state index in [4.69, 9.17) is 0 Å². The van der Waals surface area contributed by atoms with Gasteiger partial charge in [-0.05, 0) is 54.0 Å². The zero-order chi connectivity index (χ0) is 23.4. The van der Waals surface area contributed by atoms with Gasteiger partial charge in [-0.15, -0.1) is 23.1 Å². The highest BCUT2D eigenvalue weighted by atomic mass is 32.2. The molecule has 1 amide bonds. The molecule has 3 aromatic rings. The van der Waals surface area contributed by atoms with Gasteiger partial charge in [-0.25, -0.2) is 4.98 Å². The number of nitrogens with one attached hydrogen (secondary N) is 1. The fourth-order valence-electron chi connectivity index (χ4n) is 3.98. The van der Waals surface area contributed by atoms with Crippen LogP contribution >= 0.6 is 23.1 Å². The third-order valence-corrected chi connectivity index (χ3v) is 7.68. The molecule has 2 aromatic heterocycles. The van der Waals surface area contributed by atoms with Crippen LogP contribution in [0, 0.1) is 28.6 Å². The number of thiophene rings is 1. The Labute approximate surface area is 202 Å². The average molecular weight is 473 g/mol. The fourth-order valence-corrected chi connectivity index (χ4v) is 6.19. The van der Waals surface area contributed by atoms with Crippen LogP contribution in [0.25, 0.3) is 10.4 Å². The molecule has 1 aromatic carbocycles. The second-order valence-corrected chi connectivity index (χ2v) is 10.5. The summed E-state index contributed by atoms with van der Waals surface area (Å²) in [5.74, 6) is 0.851. The predicted molar refractivity (Wildman–Crippen MR) is 133 cm³/mol. The second-order valence-electron chi connectivity index (χ2n) is 8.39. The minimum absolute atomic E-state index is 0.136. The van der Waals surface area contributed by atoms with E-state index in [0.717, 1.165) is 41.0 Å². The number of nitrogens with zero attached hydrogens (tertiary/aromatic N) is 3. The lowest BCUT2D eigenvalue weighted by atomic mass is 9.90. The van der Waals surface area contributed by atoms with Crippen molar-refractivity contribution in [1.82, 2.24) is 4.98 Å². The number of aryl methyl sites for hydroxylation is 1. The number of anilines is 1. The van der Waals surface area contributed by atoms with E-state index >= 15 is 0 Å². The number of hydrogen-bond donors (Lipinski definition) is 1. The quantitative estimate of drug-likeness (QED) is 0.428. The molecule has 0 spiro atoms. The van der Waals surface area contributed by atoms with Gasteiger partial charge in [0.05, 0.1) is 11.1 Å². The number of thioether (sulfide) groups is 1. The molecular formula is C26H24N4OS2. The molecule has 5 nitrogen and oxygen atoms in total. The van der Waals surface area contributed by atoms with Crippen LogP contribution in [0.1, 0.15) is 48.2 Å². The van der Waals surface area contributed by atoms with Crippen molar-refractivity contribution in [1.29, 1.82) is 10.5 Å². The average Bonchev–Trinajstić information content (AvgIpc) is 3.16. The van der Waals surface area contributed by atoms with E-state index in [-0.39, 0.29) is 12.3 Å². The normalized spacial score (nSPS) is 11.9. The lowest BCUT2D eigenvalue weighted by Crippen LogP contribution is -2.12. The molecule has 0 bridgehead atoms. The maximum absolute atomic E-state index is 12.7. The van der Waals surface area contributed by atoms with Gasteiger partial charge in [-0.2, -0.15) is 10.5 Å². The van der Waals surface area contributed by atoms with Crippen molar-refractivity contribution in [3.63, 3.8) is 0 Å². The second kappa shape index (κ2) is 10.2. The van der Waals surface area contributed by atoms with Gasteiger partial charge in [0.2, 0.25) is 5.91 Å². The molecule has 1 aliphatic carbocycles. The minimum Gasteiger partial charge on any atom is -0.317 e. The highest BCUT2D eigenvalue weighted by molar-refractivity contribution is 7.99. The number of amides is 1. The molecule has 0 saturated carbocycles. The number of aromatic nitrogens is 1. The molecule has 0 aliphatic heterocycles. The Balaban J connectivity index is 1.43. The van der Waals surface area contributed by atoms with E-state index in [1.54, 1.807) is 6.07 Å². The minimum atomic E-state index is -0.136. The molecule has 166 valence electrons. The van der Waals surface area contributed by atoms with Crippen LogP contribution in [0.5, 0.6) is 0 Å². The number of carbonyl (C=O) groups excluding carboxylic acids is 1. The standard InChI is InChI=1S/C26H24N4OS2/c1-16(2)13-19-9-7-18(14-27)25(29-19)32-12-11-23(31)30-26-22(15-28)21-10-8-17-5-3-4-6-20(17)24(21)33-26/h3-7,9,16H,8,10-13H2,1-2H3,(H,30,31). The molecule has 2 heterocycles. The van der Waals surface area contributed by atoms with Crippen LogP contribution in [-0.4, -0.2) is 16.6 Å². The molecule has 0 saturated heterocycles. The van der Waals surface area contributed by atoms with Crippen LogP contribution < -0.4 is 5.32 Å². The van der Waals surface area contributed by atoms with Crippen LogP contribution in [0.3, 0.4) is 0 Å². The summed E-state index contributed by atoms with van der Waals surface area (Å²) in [7, 11) is 0. The molecule has 0 atom stereocenters. The van der Waals surface area contributed by atoms with Crippen LogP contribution in [0.4, 0.5) is 5.00 Å². The Kier molecular flexibility index (Phi) is 7.13. The largest absolute Gasteiger partial charge is 0.317 e. The van der Waals surface area contributed by atoms with Gasteiger partial charge in [0.1, 0.15) is 22.2 Å². The number of benzene rings is 1. The third-order valence-electron chi connectivity index (χ3n) is 5.50. The number of rotatable bonds is 7. The summed E-state index contributed by atoms with van der Waals surface area (Å²) >= 11 is 2.91. The summed E-state index contributed by atoms with van der Waals surface area (Å²) in [4.78, 5) is 18.4. The van der Waals surface area contributed by atoms with Crippen molar-refractivity contribution in [2.45, 2.75) is 44.6 Å². The topological polar surface area (TPSA) is 89.6 Å². The highest BCUT2D eigenvalue weighted by Crippen LogP contribution is 2.44. The molecule has 0 unspecified atom stereocenters. The van der Waals surface area contributed by atoms with E-state index < -0.39 is 0 Å². The third kappa shape index (κ3) is 5.11. The summed E-state index contributed by atoms with van der Waals surface area (Å²) < 4.78 is 0. The first-order valence-corrected chi connectivity index (χ1v) is 12.8. The molecule has 7 heteroatoms. The Bertz CT molecular complexity index is 1280. The number of fused-ring (bicyclic) bond motifs is 3. The summed E-state index contributed by atoms with van der Waals surface area (Å²) in [6, 6.07) is 16.4. The van der Waals surface area contributed by atoms with Crippen molar-refractivity contribution >= 4 is 34.0 Å². The Morgan fingerprint density at radius 2 is 2.00 bits per heavy atom. The number of nitriles is 2. The molecule has 33 heavy (non-hydrogen) atoms. The fraction of sp³-hybridized carbons (Fsp3) is 0.308. The van der Waals surface area contributed by atoms with Crippen LogP contribution in [-0.2, 0) is 24.1 Å². The van der Waals surface area contributed by atoms with Gasteiger partial charge in [-0.3, -0.25) is 4.79 Å². The lowest BCUT2D eigenvalue weighted by molar-refractivity contribution is -0.115. The Hall–Kier alpha value is -3.13. The first-order chi connectivity index (χ1) is 16.0. The molecule has 0 fully saturated rings. The van der Waals surface area contributed by atoms with E-state index in [1.807, 2.05) is 18.2 Å². The van der Waals surface area contributed by atoms with Crippen molar-refractivity contribution in [2.75, 3.05) is 11.1 Å². The molecule has 4 rings (SSSR count). The SMILES string of the molecule is CC(C)Cc1ccc(C#N)c(SCCC(=O)Nc2sc3c(c2C#N)CCc2ccccc2-3)n1. The highest BCUT2D eigenvalue weighted by Gasteiger charge is 2.25. The first kappa shape index (κ1) is 23.0. The number of hydrogen-bond acceptors (Lipinski definition) is 6.